The largest absolute Gasteiger partial charge is 0.484 e. The highest BCUT2D eigenvalue weighted by Gasteiger charge is 2.06. The van der Waals surface area contributed by atoms with Crippen LogP contribution < -0.4 is 10.1 Å². The van der Waals surface area contributed by atoms with Gasteiger partial charge in [0.2, 0.25) is 0 Å². The number of hydrogen-bond donors (Lipinski definition) is 1. The number of carbonyl (C=O) groups is 1. The second-order valence-electron chi connectivity index (χ2n) is 4.70. The Balaban J connectivity index is 1.48. The number of carbonyl (C=O) groups excluding carboxylic acids is 1. The SMILES string of the molecule is Cc1ccc(OCC(=O)NCc2cn3ccsc3n2)cc1. The number of thiazole rings is 1. The average molecular weight is 301 g/mol. The van der Waals surface area contributed by atoms with E-state index in [1.165, 1.54) is 0 Å². The Labute approximate surface area is 126 Å². The van der Waals surface area contributed by atoms with Crippen molar-refractivity contribution < 1.29 is 9.53 Å². The molecule has 0 atom stereocenters. The van der Waals surface area contributed by atoms with Crippen molar-refractivity contribution >= 4 is 22.2 Å². The number of imidazole rings is 1. The van der Waals surface area contributed by atoms with E-state index in [4.69, 9.17) is 4.74 Å². The summed E-state index contributed by atoms with van der Waals surface area (Å²) in [4.78, 5) is 17.1. The van der Waals surface area contributed by atoms with Gasteiger partial charge in [0.05, 0.1) is 12.2 Å². The molecular weight excluding hydrogens is 286 g/mol. The van der Waals surface area contributed by atoms with Crippen LogP contribution in [0.2, 0.25) is 0 Å². The van der Waals surface area contributed by atoms with Crippen LogP contribution in [0.3, 0.4) is 0 Å². The summed E-state index contributed by atoms with van der Waals surface area (Å²) in [5.41, 5.74) is 2.00. The zero-order valence-corrected chi connectivity index (χ0v) is 12.4. The van der Waals surface area contributed by atoms with Gasteiger partial charge in [-0.3, -0.25) is 9.20 Å². The predicted molar refractivity (Wildman–Crippen MR) is 81.6 cm³/mol. The van der Waals surface area contributed by atoms with Crippen LogP contribution in [-0.2, 0) is 11.3 Å². The molecule has 0 bridgehead atoms. The number of nitrogens with zero attached hydrogens (tertiary/aromatic N) is 2. The van der Waals surface area contributed by atoms with Gasteiger partial charge in [0.15, 0.2) is 11.6 Å². The quantitative estimate of drug-likeness (QED) is 0.787. The van der Waals surface area contributed by atoms with Crippen LogP contribution in [0.25, 0.3) is 4.96 Å². The smallest absolute Gasteiger partial charge is 0.258 e. The van der Waals surface area contributed by atoms with E-state index in [-0.39, 0.29) is 12.5 Å². The minimum Gasteiger partial charge on any atom is -0.484 e. The molecule has 0 spiro atoms. The van der Waals surface area contributed by atoms with E-state index < -0.39 is 0 Å². The molecule has 0 aliphatic rings. The van der Waals surface area contributed by atoms with Crippen LogP contribution in [0.1, 0.15) is 11.3 Å². The van der Waals surface area contributed by atoms with Crippen molar-refractivity contribution in [2.75, 3.05) is 6.61 Å². The third-order valence-electron chi connectivity index (χ3n) is 3.00. The molecule has 2 aromatic heterocycles. The van der Waals surface area contributed by atoms with Crippen LogP contribution in [0.15, 0.2) is 42.0 Å². The van der Waals surface area contributed by atoms with Gasteiger partial charge >= 0.3 is 0 Å². The molecule has 2 heterocycles. The standard InChI is InChI=1S/C15H15N3O2S/c1-11-2-4-13(5-3-11)20-10-14(19)16-8-12-9-18-6-7-21-15(18)17-12/h2-7,9H,8,10H2,1H3,(H,16,19). The highest BCUT2D eigenvalue weighted by molar-refractivity contribution is 7.15. The molecule has 0 fully saturated rings. The lowest BCUT2D eigenvalue weighted by atomic mass is 10.2. The summed E-state index contributed by atoms with van der Waals surface area (Å²) in [6.45, 7) is 2.42. The number of rotatable bonds is 5. The van der Waals surface area contributed by atoms with E-state index in [1.807, 2.05) is 53.4 Å². The number of aryl methyl sites for hydroxylation is 1. The second-order valence-corrected chi connectivity index (χ2v) is 5.58. The van der Waals surface area contributed by atoms with Gasteiger partial charge in [-0.25, -0.2) is 4.98 Å². The Bertz CT molecular complexity index is 717. The van der Waals surface area contributed by atoms with Crippen LogP contribution in [0.4, 0.5) is 0 Å². The number of benzene rings is 1. The molecule has 0 saturated heterocycles. The topological polar surface area (TPSA) is 55.6 Å². The summed E-state index contributed by atoms with van der Waals surface area (Å²) in [5.74, 6) is 0.533. The summed E-state index contributed by atoms with van der Waals surface area (Å²) in [5, 5.41) is 4.77. The fraction of sp³-hybridized carbons (Fsp3) is 0.200. The maximum Gasteiger partial charge on any atom is 0.258 e. The van der Waals surface area contributed by atoms with E-state index in [1.54, 1.807) is 11.3 Å². The molecule has 3 rings (SSSR count). The Morgan fingerprint density at radius 1 is 1.38 bits per heavy atom. The molecule has 0 unspecified atom stereocenters. The van der Waals surface area contributed by atoms with E-state index in [0.717, 1.165) is 16.2 Å². The lowest BCUT2D eigenvalue weighted by Crippen LogP contribution is -2.28. The second kappa shape index (κ2) is 5.97. The molecule has 3 aromatic rings. The summed E-state index contributed by atoms with van der Waals surface area (Å²) in [6.07, 6.45) is 3.85. The van der Waals surface area contributed by atoms with Crippen LogP contribution >= 0.6 is 11.3 Å². The number of amides is 1. The van der Waals surface area contributed by atoms with Gasteiger partial charge < -0.3 is 10.1 Å². The van der Waals surface area contributed by atoms with Gasteiger partial charge in [0.1, 0.15) is 5.75 Å². The number of hydrogen-bond acceptors (Lipinski definition) is 4. The van der Waals surface area contributed by atoms with Crippen molar-refractivity contribution in [2.24, 2.45) is 0 Å². The molecule has 1 aromatic carbocycles. The average Bonchev–Trinajstić information content (AvgIpc) is 3.05. The number of ether oxygens (including phenoxy) is 1. The van der Waals surface area contributed by atoms with Crippen molar-refractivity contribution in [2.45, 2.75) is 13.5 Å². The molecule has 1 N–H and O–H groups in total. The molecule has 21 heavy (non-hydrogen) atoms. The molecule has 6 heteroatoms. The highest BCUT2D eigenvalue weighted by Crippen LogP contribution is 2.12. The molecular formula is C15H15N3O2S. The lowest BCUT2D eigenvalue weighted by Gasteiger charge is -2.06. The van der Waals surface area contributed by atoms with Crippen molar-refractivity contribution in [3.8, 4) is 5.75 Å². The van der Waals surface area contributed by atoms with Crippen molar-refractivity contribution in [3.63, 3.8) is 0 Å². The maximum atomic E-state index is 11.7. The van der Waals surface area contributed by atoms with Crippen LogP contribution in [-0.4, -0.2) is 21.9 Å². The van der Waals surface area contributed by atoms with Gasteiger partial charge in [0, 0.05) is 17.8 Å². The first-order valence-electron chi connectivity index (χ1n) is 6.58. The monoisotopic (exact) mass is 301 g/mol. The summed E-state index contributed by atoms with van der Waals surface area (Å²) in [6, 6.07) is 7.61. The van der Waals surface area contributed by atoms with Gasteiger partial charge in [-0.15, -0.1) is 11.3 Å². The molecule has 108 valence electrons. The van der Waals surface area contributed by atoms with E-state index in [9.17, 15) is 4.79 Å². The maximum absolute atomic E-state index is 11.7. The fourth-order valence-corrected chi connectivity index (χ4v) is 2.60. The van der Waals surface area contributed by atoms with Crippen LogP contribution in [0, 0.1) is 6.92 Å². The molecule has 0 aliphatic heterocycles. The van der Waals surface area contributed by atoms with E-state index in [0.29, 0.717) is 12.3 Å². The fourth-order valence-electron chi connectivity index (χ4n) is 1.88. The summed E-state index contributed by atoms with van der Waals surface area (Å²) >= 11 is 1.57. The summed E-state index contributed by atoms with van der Waals surface area (Å²) < 4.78 is 7.36. The third-order valence-corrected chi connectivity index (χ3v) is 3.77. The number of nitrogens with one attached hydrogen (secondary N) is 1. The Morgan fingerprint density at radius 2 is 2.19 bits per heavy atom. The van der Waals surface area contributed by atoms with Crippen molar-refractivity contribution in [3.05, 3.63) is 53.3 Å². The van der Waals surface area contributed by atoms with Gasteiger partial charge in [-0.1, -0.05) is 17.7 Å². The van der Waals surface area contributed by atoms with Crippen molar-refractivity contribution in [1.82, 2.24) is 14.7 Å². The highest BCUT2D eigenvalue weighted by atomic mass is 32.1. The molecule has 5 nitrogen and oxygen atoms in total. The zero-order valence-electron chi connectivity index (χ0n) is 11.6. The van der Waals surface area contributed by atoms with E-state index >= 15 is 0 Å². The first-order chi connectivity index (χ1) is 10.2. The normalized spacial score (nSPS) is 10.7. The van der Waals surface area contributed by atoms with Gasteiger partial charge in [-0.2, -0.15) is 0 Å². The predicted octanol–water partition coefficient (Wildman–Crippen LogP) is 2.40. The van der Waals surface area contributed by atoms with Gasteiger partial charge in [0.25, 0.3) is 5.91 Å². The zero-order chi connectivity index (χ0) is 14.7. The molecule has 0 saturated carbocycles. The summed E-state index contributed by atoms with van der Waals surface area (Å²) in [7, 11) is 0. The van der Waals surface area contributed by atoms with Crippen LogP contribution in [0.5, 0.6) is 5.75 Å². The lowest BCUT2D eigenvalue weighted by molar-refractivity contribution is -0.123. The molecule has 0 aliphatic carbocycles. The molecule has 0 radical (unpaired) electrons. The Morgan fingerprint density at radius 3 is 2.95 bits per heavy atom. The minimum atomic E-state index is -0.160. The Kier molecular flexibility index (Phi) is 3.87. The number of fused-ring (bicyclic) bond motifs is 1. The Hall–Kier alpha value is -2.34. The van der Waals surface area contributed by atoms with Gasteiger partial charge in [-0.05, 0) is 19.1 Å². The number of aromatic nitrogens is 2. The first-order valence-corrected chi connectivity index (χ1v) is 7.46. The first kappa shape index (κ1) is 13.6. The minimum absolute atomic E-state index is 0.00524. The van der Waals surface area contributed by atoms with E-state index in [2.05, 4.69) is 10.3 Å². The van der Waals surface area contributed by atoms with Crippen molar-refractivity contribution in [1.29, 1.82) is 0 Å². The third kappa shape index (κ3) is 3.41. The molecule has 1 amide bonds.